The van der Waals surface area contributed by atoms with E-state index in [1.54, 1.807) is 26.0 Å². The van der Waals surface area contributed by atoms with Gasteiger partial charge in [0, 0.05) is 17.1 Å². The van der Waals surface area contributed by atoms with Crippen molar-refractivity contribution in [2.45, 2.75) is 26.0 Å². The second-order valence-corrected chi connectivity index (χ2v) is 5.94. The van der Waals surface area contributed by atoms with Gasteiger partial charge >= 0.3 is 0 Å². The molecule has 0 saturated heterocycles. The molecule has 108 valence electrons. The molecule has 5 nitrogen and oxygen atoms in total. The predicted octanol–water partition coefficient (Wildman–Crippen LogP) is 2.59. The normalized spacial score (nSPS) is 12.1. The van der Waals surface area contributed by atoms with Gasteiger partial charge in [0.25, 0.3) is 5.89 Å². The zero-order valence-corrected chi connectivity index (χ0v) is 12.6. The van der Waals surface area contributed by atoms with Gasteiger partial charge < -0.3 is 9.63 Å². The lowest BCUT2D eigenvalue weighted by atomic mass is 10.1. The number of rotatable bonds is 5. The van der Waals surface area contributed by atoms with Crippen LogP contribution in [0.5, 0.6) is 0 Å². The number of halogens is 1. The molecule has 0 aliphatic heterocycles. The highest BCUT2D eigenvalue weighted by Gasteiger charge is 2.17. The van der Waals surface area contributed by atoms with E-state index in [2.05, 4.69) is 10.1 Å². The van der Waals surface area contributed by atoms with E-state index < -0.39 is 5.60 Å². The Balaban J connectivity index is 2.04. The summed E-state index contributed by atoms with van der Waals surface area (Å²) < 4.78 is 5.23. The number of benzene rings is 1. The molecule has 0 unspecified atom stereocenters. The topological polar surface area (TPSA) is 62.4 Å². The van der Waals surface area contributed by atoms with Crippen molar-refractivity contribution >= 4 is 11.6 Å². The van der Waals surface area contributed by atoms with Gasteiger partial charge in [-0.05, 0) is 45.2 Å². The second kappa shape index (κ2) is 5.91. The minimum absolute atomic E-state index is 0.466. The van der Waals surface area contributed by atoms with Crippen LogP contribution in [-0.2, 0) is 6.54 Å². The Hall–Kier alpha value is -1.43. The Morgan fingerprint density at radius 3 is 2.55 bits per heavy atom. The average Bonchev–Trinajstić information content (AvgIpc) is 2.75. The molecule has 0 amide bonds. The van der Waals surface area contributed by atoms with Crippen LogP contribution in [0.2, 0.25) is 5.02 Å². The molecule has 1 aromatic heterocycles. The fourth-order valence-electron chi connectivity index (χ4n) is 1.99. The van der Waals surface area contributed by atoms with Gasteiger partial charge in [0.2, 0.25) is 0 Å². The van der Waals surface area contributed by atoms with Crippen LogP contribution < -0.4 is 0 Å². The van der Waals surface area contributed by atoms with E-state index in [0.717, 1.165) is 5.56 Å². The molecular weight excluding hydrogens is 278 g/mol. The van der Waals surface area contributed by atoms with Crippen molar-refractivity contribution in [1.29, 1.82) is 0 Å². The number of likely N-dealkylation sites (N-methyl/N-ethyl adjacent to an activating group) is 1. The van der Waals surface area contributed by atoms with E-state index in [9.17, 15) is 5.11 Å². The van der Waals surface area contributed by atoms with E-state index >= 15 is 0 Å². The molecule has 1 heterocycles. The molecule has 0 atom stereocenters. The van der Waals surface area contributed by atoms with Gasteiger partial charge in [0.05, 0.1) is 12.1 Å². The molecule has 2 rings (SSSR count). The third-order valence-electron chi connectivity index (χ3n) is 2.63. The molecule has 0 bridgehead atoms. The summed E-state index contributed by atoms with van der Waals surface area (Å²) in [6, 6.07) is 7.22. The molecule has 2 aromatic rings. The molecule has 0 spiro atoms. The number of aliphatic hydroxyl groups is 1. The standard InChI is InChI=1S/C14H18ClN3O2/c1-14(2,19)9-18(3)8-12-16-13(20-17-12)10-4-6-11(15)7-5-10/h4-7,19H,8-9H2,1-3H3. The molecule has 20 heavy (non-hydrogen) atoms. The Morgan fingerprint density at radius 2 is 1.95 bits per heavy atom. The van der Waals surface area contributed by atoms with Gasteiger partial charge in [0.15, 0.2) is 5.82 Å². The van der Waals surface area contributed by atoms with Crippen LogP contribution in [0.4, 0.5) is 0 Å². The van der Waals surface area contributed by atoms with Crippen molar-refractivity contribution in [2.24, 2.45) is 0 Å². The highest BCUT2D eigenvalue weighted by Crippen LogP contribution is 2.20. The Morgan fingerprint density at radius 1 is 1.30 bits per heavy atom. The molecule has 1 N–H and O–H groups in total. The average molecular weight is 296 g/mol. The number of hydrogen-bond donors (Lipinski definition) is 1. The lowest BCUT2D eigenvalue weighted by Gasteiger charge is -2.24. The summed E-state index contributed by atoms with van der Waals surface area (Å²) in [4.78, 5) is 6.28. The van der Waals surface area contributed by atoms with E-state index in [-0.39, 0.29) is 0 Å². The van der Waals surface area contributed by atoms with Gasteiger partial charge in [-0.3, -0.25) is 4.90 Å². The summed E-state index contributed by atoms with van der Waals surface area (Å²) in [6.07, 6.45) is 0. The van der Waals surface area contributed by atoms with Crippen molar-refractivity contribution in [3.05, 3.63) is 35.1 Å². The van der Waals surface area contributed by atoms with Crippen LogP contribution in [0.1, 0.15) is 19.7 Å². The van der Waals surface area contributed by atoms with E-state index in [1.165, 1.54) is 0 Å². The maximum absolute atomic E-state index is 9.76. The molecule has 6 heteroatoms. The number of aromatic nitrogens is 2. The monoisotopic (exact) mass is 295 g/mol. The van der Waals surface area contributed by atoms with Crippen molar-refractivity contribution in [3.8, 4) is 11.5 Å². The van der Waals surface area contributed by atoms with E-state index in [1.807, 2.05) is 24.1 Å². The second-order valence-electron chi connectivity index (χ2n) is 5.51. The first-order valence-corrected chi connectivity index (χ1v) is 6.71. The third kappa shape index (κ3) is 4.30. The molecule has 0 fully saturated rings. The minimum Gasteiger partial charge on any atom is -0.389 e. The number of nitrogens with zero attached hydrogens (tertiary/aromatic N) is 3. The smallest absolute Gasteiger partial charge is 0.257 e. The first kappa shape index (κ1) is 15.0. The first-order valence-electron chi connectivity index (χ1n) is 6.33. The highest BCUT2D eigenvalue weighted by molar-refractivity contribution is 6.30. The Bertz CT molecular complexity index is 561. The predicted molar refractivity (Wildman–Crippen MR) is 77.4 cm³/mol. The summed E-state index contributed by atoms with van der Waals surface area (Å²) in [6.45, 7) is 4.57. The van der Waals surface area contributed by atoms with E-state index in [0.29, 0.717) is 29.8 Å². The summed E-state index contributed by atoms with van der Waals surface area (Å²) in [7, 11) is 1.90. The SMILES string of the molecule is CN(Cc1noc(-c2ccc(Cl)cc2)n1)CC(C)(C)O. The molecular formula is C14H18ClN3O2. The minimum atomic E-state index is -0.752. The largest absolute Gasteiger partial charge is 0.389 e. The highest BCUT2D eigenvalue weighted by atomic mass is 35.5. The van der Waals surface area contributed by atoms with Crippen LogP contribution in [0, 0.1) is 0 Å². The molecule has 0 aliphatic carbocycles. The molecule has 0 saturated carbocycles. The summed E-state index contributed by atoms with van der Waals surface area (Å²) in [5.74, 6) is 1.05. The van der Waals surface area contributed by atoms with Gasteiger partial charge in [-0.25, -0.2) is 0 Å². The maximum Gasteiger partial charge on any atom is 0.257 e. The van der Waals surface area contributed by atoms with Crippen molar-refractivity contribution in [1.82, 2.24) is 15.0 Å². The summed E-state index contributed by atoms with van der Waals surface area (Å²) in [5, 5.41) is 14.4. The quantitative estimate of drug-likeness (QED) is 0.918. The fourth-order valence-corrected chi connectivity index (χ4v) is 2.11. The van der Waals surface area contributed by atoms with Crippen LogP contribution in [-0.4, -0.2) is 39.3 Å². The summed E-state index contributed by atoms with van der Waals surface area (Å²) >= 11 is 5.84. The van der Waals surface area contributed by atoms with Gasteiger partial charge in [0.1, 0.15) is 0 Å². The Kier molecular flexibility index (Phi) is 4.42. The molecule has 0 radical (unpaired) electrons. The van der Waals surface area contributed by atoms with Gasteiger partial charge in [-0.1, -0.05) is 16.8 Å². The lowest BCUT2D eigenvalue weighted by Crippen LogP contribution is -2.36. The third-order valence-corrected chi connectivity index (χ3v) is 2.88. The Labute approximate surface area is 123 Å². The molecule has 0 aliphatic rings. The fraction of sp³-hybridized carbons (Fsp3) is 0.429. The van der Waals surface area contributed by atoms with E-state index in [4.69, 9.17) is 16.1 Å². The molecule has 1 aromatic carbocycles. The lowest BCUT2D eigenvalue weighted by molar-refractivity contribution is 0.0416. The number of hydrogen-bond acceptors (Lipinski definition) is 5. The zero-order chi connectivity index (χ0) is 14.8. The maximum atomic E-state index is 9.76. The van der Waals surface area contributed by atoms with Crippen molar-refractivity contribution in [3.63, 3.8) is 0 Å². The summed E-state index contributed by atoms with van der Waals surface area (Å²) in [5.41, 5.74) is 0.0793. The van der Waals surface area contributed by atoms with Crippen molar-refractivity contribution < 1.29 is 9.63 Å². The van der Waals surface area contributed by atoms with Crippen LogP contribution in [0.25, 0.3) is 11.5 Å². The van der Waals surface area contributed by atoms with Crippen LogP contribution in [0.15, 0.2) is 28.8 Å². The zero-order valence-electron chi connectivity index (χ0n) is 11.8. The first-order chi connectivity index (χ1) is 9.33. The van der Waals surface area contributed by atoms with Gasteiger partial charge in [-0.2, -0.15) is 4.98 Å². The van der Waals surface area contributed by atoms with Crippen LogP contribution >= 0.6 is 11.6 Å². The van der Waals surface area contributed by atoms with Gasteiger partial charge in [-0.15, -0.1) is 0 Å². The van der Waals surface area contributed by atoms with Crippen molar-refractivity contribution in [2.75, 3.05) is 13.6 Å². The van der Waals surface area contributed by atoms with Crippen LogP contribution in [0.3, 0.4) is 0 Å².